The van der Waals surface area contributed by atoms with Gasteiger partial charge in [-0.25, -0.2) is 9.78 Å². The number of ether oxygens (including phenoxy) is 2. The van der Waals surface area contributed by atoms with E-state index in [9.17, 15) is 9.59 Å². The fraction of sp³-hybridized carbons (Fsp3) is 0.286. The van der Waals surface area contributed by atoms with E-state index < -0.39 is 0 Å². The predicted molar refractivity (Wildman–Crippen MR) is 110 cm³/mol. The number of aromatic nitrogens is 2. The van der Waals surface area contributed by atoms with Gasteiger partial charge in [-0.05, 0) is 29.8 Å². The van der Waals surface area contributed by atoms with E-state index in [2.05, 4.69) is 15.2 Å². The molecular weight excluding hydrogens is 386 g/mol. The third kappa shape index (κ3) is 3.55. The zero-order valence-corrected chi connectivity index (χ0v) is 16.3. The summed E-state index contributed by atoms with van der Waals surface area (Å²) in [5, 5.41) is 2.71. The molecular formula is C21H21N5O4. The highest BCUT2D eigenvalue weighted by Crippen LogP contribution is 2.32. The van der Waals surface area contributed by atoms with Crippen molar-refractivity contribution < 1.29 is 14.3 Å². The van der Waals surface area contributed by atoms with Crippen molar-refractivity contribution in [2.24, 2.45) is 0 Å². The molecule has 3 aromatic rings. The second-order valence-electron chi connectivity index (χ2n) is 7.29. The Morgan fingerprint density at radius 3 is 2.77 bits per heavy atom. The van der Waals surface area contributed by atoms with Crippen molar-refractivity contribution >= 4 is 17.4 Å². The first-order valence-corrected chi connectivity index (χ1v) is 9.80. The lowest BCUT2D eigenvalue weighted by atomic mass is 10.1. The van der Waals surface area contributed by atoms with Gasteiger partial charge < -0.3 is 19.7 Å². The highest BCUT2D eigenvalue weighted by atomic mass is 16.7. The van der Waals surface area contributed by atoms with Gasteiger partial charge in [-0.15, -0.1) is 0 Å². The minimum atomic E-state index is -0.296. The van der Waals surface area contributed by atoms with Crippen molar-refractivity contribution in [3.8, 4) is 11.5 Å². The zero-order chi connectivity index (χ0) is 20.5. The molecule has 0 bridgehead atoms. The molecule has 0 aliphatic carbocycles. The van der Waals surface area contributed by atoms with E-state index in [0.29, 0.717) is 18.7 Å². The monoisotopic (exact) mass is 407 g/mol. The van der Waals surface area contributed by atoms with Gasteiger partial charge in [0.2, 0.25) is 6.79 Å². The fourth-order valence-electron chi connectivity index (χ4n) is 3.71. The van der Waals surface area contributed by atoms with Crippen molar-refractivity contribution in [1.82, 2.24) is 19.2 Å². The smallest absolute Gasteiger partial charge is 0.322 e. The number of carbonyl (C=O) groups is 1. The lowest BCUT2D eigenvalue weighted by Crippen LogP contribution is -2.50. The fourth-order valence-corrected chi connectivity index (χ4v) is 3.71. The summed E-state index contributed by atoms with van der Waals surface area (Å²) in [5.74, 6) is 1.56. The second kappa shape index (κ2) is 7.68. The van der Waals surface area contributed by atoms with Crippen LogP contribution in [0.1, 0.15) is 5.56 Å². The minimum Gasteiger partial charge on any atom is -0.454 e. The number of carbonyl (C=O) groups excluding carboxylic acids is 1. The van der Waals surface area contributed by atoms with Crippen molar-refractivity contribution in [2.75, 3.05) is 38.3 Å². The molecule has 0 radical (unpaired) electrons. The molecule has 9 nitrogen and oxygen atoms in total. The van der Waals surface area contributed by atoms with Crippen LogP contribution >= 0.6 is 0 Å². The molecule has 2 aliphatic rings. The summed E-state index contributed by atoms with van der Waals surface area (Å²) >= 11 is 0. The maximum Gasteiger partial charge on any atom is 0.322 e. The number of hydrogen-bond donors (Lipinski definition) is 1. The van der Waals surface area contributed by atoms with Gasteiger partial charge in [-0.2, -0.15) is 0 Å². The molecule has 154 valence electrons. The average molecular weight is 407 g/mol. The number of fused-ring (bicyclic) bond motifs is 2. The molecule has 0 saturated carbocycles. The van der Waals surface area contributed by atoms with Crippen LogP contribution in [0.3, 0.4) is 0 Å². The zero-order valence-electron chi connectivity index (χ0n) is 16.3. The van der Waals surface area contributed by atoms with Gasteiger partial charge in [0, 0.05) is 38.9 Å². The van der Waals surface area contributed by atoms with Crippen molar-refractivity contribution in [2.45, 2.75) is 6.54 Å². The van der Waals surface area contributed by atoms with Crippen LogP contribution in [-0.4, -0.2) is 58.2 Å². The molecule has 0 unspecified atom stereocenters. The van der Waals surface area contributed by atoms with E-state index >= 15 is 0 Å². The Hall–Kier alpha value is -3.59. The van der Waals surface area contributed by atoms with Crippen molar-refractivity contribution in [1.29, 1.82) is 0 Å². The lowest BCUT2D eigenvalue weighted by Gasteiger charge is -2.34. The molecule has 1 fully saturated rings. The summed E-state index contributed by atoms with van der Waals surface area (Å²) in [6, 6.07) is 11.0. The van der Waals surface area contributed by atoms with Gasteiger partial charge in [0.25, 0.3) is 5.56 Å². The number of urea groups is 1. The maximum absolute atomic E-state index is 12.6. The van der Waals surface area contributed by atoms with E-state index in [1.54, 1.807) is 23.2 Å². The number of benzene rings is 1. The Labute approximate surface area is 172 Å². The van der Waals surface area contributed by atoms with E-state index in [4.69, 9.17) is 9.47 Å². The van der Waals surface area contributed by atoms with Crippen LogP contribution in [0.2, 0.25) is 0 Å². The Bertz CT molecular complexity index is 1150. The maximum atomic E-state index is 12.6. The van der Waals surface area contributed by atoms with Crippen LogP contribution in [0.4, 0.5) is 10.5 Å². The standard InChI is InChI=1S/C21H21N5O4/c27-20-16(12-22-19-3-1-2-6-26(19)20)23-21(28)25-9-7-24(8-10-25)13-15-4-5-17-18(11-15)30-14-29-17/h1-6,11-12H,7-10,13-14H2,(H,23,28). The third-order valence-corrected chi connectivity index (χ3v) is 5.36. The SMILES string of the molecule is O=C(Nc1cnc2ccccn2c1=O)N1CCN(Cc2ccc3c(c2)OCO3)CC1. The summed E-state index contributed by atoms with van der Waals surface area (Å²) in [7, 11) is 0. The minimum absolute atomic E-state index is 0.173. The Morgan fingerprint density at radius 1 is 1.07 bits per heavy atom. The van der Waals surface area contributed by atoms with Gasteiger partial charge >= 0.3 is 6.03 Å². The predicted octanol–water partition coefficient (Wildman–Crippen LogP) is 1.77. The molecule has 2 aromatic heterocycles. The number of pyridine rings is 1. The molecule has 4 heterocycles. The number of piperazine rings is 1. The molecule has 1 aromatic carbocycles. The highest BCUT2D eigenvalue weighted by Gasteiger charge is 2.23. The molecule has 1 saturated heterocycles. The average Bonchev–Trinajstić information content (AvgIpc) is 3.24. The van der Waals surface area contributed by atoms with E-state index in [1.807, 2.05) is 24.3 Å². The molecule has 0 spiro atoms. The second-order valence-corrected chi connectivity index (χ2v) is 7.29. The van der Waals surface area contributed by atoms with E-state index in [-0.39, 0.29) is 24.1 Å². The van der Waals surface area contributed by atoms with Crippen LogP contribution in [0.15, 0.2) is 53.6 Å². The summed E-state index contributed by atoms with van der Waals surface area (Å²) < 4.78 is 12.2. The first-order chi connectivity index (χ1) is 14.7. The third-order valence-electron chi connectivity index (χ3n) is 5.36. The highest BCUT2D eigenvalue weighted by molar-refractivity contribution is 5.89. The van der Waals surface area contributed by atoms with Crippen LogP contribution in [-0.2, 0) is 6.54 Å². The quantitative estimate of drug-likeness (QED) is 0.712. The largest absolute Gasteiger partial charge is 0.454 e. The number of amides is 2. The molecule has 9 heteroatoms. The number of nitrogens with one attached hydrogen (secondary N) is 1. The lowest BCUT2D eigenvalue weighted by molar-refractivity contribution is 0.143. The number of anilines is 1. The first-order valence-electron chi connectivity index (χ1n) is 9.80. The van der Waals surface area contributed by atoms with Gasteiger partial charge in [0.05, 0.1) is 6.20 Å². The van der Waals surface area contributed by atoms with E-state index in [1.165, 1.54) is 10.6 Å². The van der Waals surface area contributed by atoms with E-state index in [0.717, 1.165) is 36.7 Å². The van der Waals surface area contributed by atoms with Gasteiger partial charge in [0.1, 0.15) is 11.3 Å². The summed E-state index contributed by atoms with van der Waals surface area (Å²) in [4.78, 5) is 33.4. The summed E-state index contributed by atoms with van der Waals surface area (Å²) in [6.45, 7) is 3.70. The Morgan fingerprint density at radius 2 is 1.90 bits per heavy atom. The topological polar surface area (TPSA) is 88.4 Å². The van der Waals surface area contributed by atoms with Crippen LogP contribution in [0.5, 0.6) is 11.5 Å². The Balaban J connectivity index is 1.19. The van der Waals surface area contributed by atoms with Crippen LogP contribution in [0.25, 0.3) is 5.65 Å². The molecule has 30 heavy (non-hydrogen) atoms. The normalized spacial score (nSPS) is 16.1. The van der Waals surface area contributed by atoms with Crippen molar-refractivity contribution in [3.05, 3.63) is 64.7 Å². The molecule has 0 atom stereocenters. The van der Waals surface area contributed by atoms with Gasteiger partial charge in [-0.3, -0.25) is 14.1 Å². The first kappa shape index (κ1) is 18.4. The summed E-state index contributed by atoms with van der Waals surface area (Å²) in [5.41, 5.74) is 1.56. The number of hydrogen-bond acceptors (Lipinski definition) is 6. The van der Waals surface area contributed by atoms with Crippen molar-refractivity contribution in [3.63, 3.8) is 0 Å². The molecule has 2 amide bonds. The van der Waals surface area contributed by atoms with Crippen LogP contribution < -0.4 is 20.3 Å². The molecule has 2 aliphatic heterocycles. The molecule has 1 N–H and O–H groups in total. The molecule has 5 rings (SSSR count). The summed E-state index contributed by atoms with van der Waals surface area (Å²) in [6.07, 6.45) is 3.04. The van der Waals surface area contributed by atoms with Gasteiger partial charge in [0.15, 0.2) is 11.5 Å². The number of rotatable bonds is 3. The van der Waals surface area contributed by atoms with Crippen LogP contribution in [0, 0.1) is 0 Å². The van der Waals surface area contributed by atoms with Gasteiger partial charge in [-0.1, -0.05) is 12.1 Å². The Kier molecular flexibility index (Phi) is 4.72. The number of nitrogens with zero attached hydrogens (tertiary/aromatic N) is 4.